The molecular formula is C20H22ClN3O. The van der Waals surface area contributed by atoms with Crippen LogP contribution in [0, 0.1) is 6.92 Å². The van der Waals surface area contributed by atoms with E-state index < -0.39 is 0 Å². The highest BCUT2D eigenvalue weighted by Gasteiger charge is 2.19. The van der Waals surface area contributed by atoms with Gasteiger partial charge in [0.05, 0.1) is 0 Å². The first-order chi connectivity index (χ1) is 12.1. The number of hydrogen-bond donors (Lipinski definition) is 0. The van der Waals surface area contributed by atoms with Crippen LogP contribution in [0.4, 0.5) is 0 Å². The molecule has 2 heterocycles. The van der Waals surface area contributed by atoms with Crippen LogP contribution < -0.4 is 0 Å². The minimum absolute atomic E-state index is 0.0558. The van der Waals surface area contributed by atoms with Crippen LogP contribution in [0.15, 0.2) is 48.8 Å². The van der Waals surface area contributed by atoms with Crippen molar-refractivity contribution in [2.45, 2.75) is 13.5 Å². The lowest BCUT2D eigenvalue weighted by Gasteiger charge is -2.34. The van der Waals surface area contributed by atoms with E-state index in [1.165, 1.54) is 5.56 Å². The second-order valence-corrected chi connectivity index (χ2v) is 6.71. The quantitative estimate of drug-likeness (QED) is 0.789. The largest absolute Gasteiger partial charge is 0.337 e. The first kappa shape index (κ1) is 17.6. The van der Waals surface area contributed by atoms with Gasteiger partial charge in [-0.25, -0.2) is 0 Å². The third-order valence-corrected chi connectivity index (χ3v) is 4.86. The lowest BCUT2D eigenvalue weighted by atomic mass is 10.1. The molecule has 1 aromatic heterocycles. The Kier molecular flexibility index (Phi) is 5.84. The van der Waals surface area contributed by atoms with Crippen molar-refractivity contribution in [3.05, 3.63) is 70.5 Å². The summed E-state index contributed by atoms with van der Waals surface area (Å²) in [6.07, 6.45) is 7.10. The van der Waals surface area contributed by atoms with E-state index in [1.54, 1.807) is 6.08 Å². The molecule has 4 nitrogen and oxygen atoms in total. The number of rotatable bonds is 4. The van der Waals surface area contributed by atoms with Crippen molar-refractivity contribution < 1.29 is 4.79 Å². The molecule has 0 radical (unpaired) electrons. The Bertz CT molecular complexity index is 753. The van der Waals surface area contributed by atoms with E-state index in [0.29, 0.717) is 0 Å². The maximum Gasteiger partial charge on any atom is 0.246 e. The van der Waals surface area contributed by atoms with Crippen LogP contribution in [-0.4, -0.2) is 46.9 Å². The molecule has 1 aromatic carbocycles. The summed E-state index contributed by atoms with van der Waals surface area (Å²) < 4.78 is 0. The Morgan fingerprint density at radius 3 is 2.56 bits per heavy atom. The van der Waals surface area contributed by atoms with Gasteiger partial charge >= 0.3 is 0 Å². The molecular weight excluding hydrogens is 334 g/mol. The summed E-state index contributed by atoms with van der Waals surface area (Å²) in [6.45, 7) is 6.15. The summed E-state index contributed by atoms with van der Waals surface area (Å²) in [5.41, 5.74) is 3.24. The van der Waals surface area contributed by atoms with Gasteiger partial charge in [-0.05, 0) is 47.9 Å². The molecule has 0 unspecified atom stereocenters. The van der Waals surface area contributed by atoms with Crippen molar-refractivity contribution in [2.75, 3.05) is 26.2 Å². The first-order valence-electron chi connectivity index (χ1n) is 8.46. The number of aromatic nitrogens is 1. The summed E-state index contributed by atoms with van der Waals surface area (Å²) >= 11 is 6.12. The fourth-order valence-corrected chi connectivity index (χ4v) is 3.05. The number of piperazine rings is 1. The minimum Gasteiger partial charge on any atom is -0.337 e. The molecule has 2 aromatic rings. The van der Waals surface area contributed by atoms with E-state index in [9.17, 15) is 4.79 Å². The summed E-state index contributed by atoms with van der Waals surface area (Å²) in [6, 6.07) is 9.88. The van der Waals surface area contributed by atoms with Gasteiger partial charge in [0, 0.05) is 56.2 Å². The average Bonchev–Trinajstić information content (AvgIpc) is 2.64. The van der Waals surface area contributed by atoms with Crippen molar-refractivity contribution in [1.82, 2.24) is 14.8 Å². The standard InChI is InChI=1S/C20H22ClN3O/c1-16-2-3-17(14-19(16)21)4-5-20(25)24-12-10-23(11-13-24)15-18-6-8-22-9-7-18/h2-9,14H,10-13,15H2,1H3/b5-4+. The molecule has 130 valence electrons. The summed E-state index contributed by atoms with van der Waals surface area (Å²) in [5.74, 6) is 0.0558. The third-order valence-electron chi connectivity index (χ3n) is 4.45. The van der Waals surface area contributed by atoms with Crippen LogP contribution >= 0.6 is 11.6 Å². The number of pyridine rings is 1. The van der Waals surface area contributed by atoms with Crippen LogP contribution in [0.1, 0.15) is 16.7 Å². The van der Waals surface area contributed by atoms with Gasteiger partial charge in [0.2, 0.25) is 5.91 Å². The number of halogens is 1. The van der Waals surface area contributed by atoms with Gasteiger partial charge in [-0.1, -0.05) is 23.7 Å². The second kappa shape index (κ2) is 8.28. The molecule has 1 aliphatic heterocycles. The Balaban J connectivity index is 1.51. The zero-order valence-electron chi connectivity index (χ0n) is 14.4. The monoisotopic (exact) mass is 355 g/mol. The van der Waals surface area contributed by atoms with Crippen molar-refractivity contribution in [2.24, 2.45) is 0 Å². The molecule has 3 rings (SSSR count). The fourth-order valence-electron chi connectivity index (χ4n) is 2.86. The van der Waals surface area contributed by atoms with Gasteiger partial charge in [0.1, 0.15) is 0 Å². The molecule has 1 aliphatic rings. The van der Waals surface area contributed by atoms with Crippen LogP contribution in [0.2, 0.25) is 5.02 Å². The summed E-state index contributed by atoms with van der Waals surface area (Å²) in [4.78, 5) is 20.7. The zero-order valence-corrected chi connectivity index (χ0v) is 15.1. The molecule has 25 heavy (non-hydrogen) atoms. The molecule has 1 saturated heterocycles. The highest BCUT2D eigenvalue weighted by Crippen LogP contribution is 2.17. The lowest BCUT2D eigenvalue weighted by Crippen LogP contribution is -2.47. The molecule has 1 amide bonds. The summed E-state index contributed by atoms with van der Waals surface area (Å²) in [7, 11) is 0. The Morgan fingerprint density at radius 2 is 1.88 bits per heavy atom. The first-order valence-corrected chi connectivity index (χ1v) is 8.84. The van der Waals surface area contributed by atoms with E-state index in [2.05, 4.69) is 9.88 Å². The van der Waals surface area contributed by atoms with Crippen LogP contribution in [0.25, 0.3) is 6.08 Å². The van der Waals surface area contributed by atoms with E-state index in [0.717, 1.165) is 48.9 Å². The lowest BCUT2D eigenvalue weighted by molar-refractivity contribution is -0.127. The summed E-state index contributed by atoms with van der Waals surface area (Å²) in [5, 5.41) is 0.722. The number of nitrogens with zero attached hydrogens (tertiary/aromatic N) is 3. The van der Waals surface area contributed by atoms with Gasteiger partial charge in [-0.3, -0.25) is 14.7 Å². The van der Waals surface area contributed by atoms with Crippen LogP contribution in [0.5, 0.6) is 0 Å². The Hall–Kier alpha value is -2.17. The predicted octanol–water partition coefficient (Wildman–Crippen LogP) is 3.40. The fraction of sp³-hybridized carbons (Fsp3) is 0.300. The van der Waals surface area contributed by atoms with Gasteiger partial charge in [-0.15, -0.1) is 0 Å². The van der Waals surface area contributed by atoms with Crippen LogP contribution in [0.3, 0.4) is 0 Å². The van der Waals surface area contributed by atoms with E-state index in [-0.39, 0.29) is 5.91 Å². The van der Waals surface area contributed by atoms with Crippen molar-refractivity contribution in [3.63, 3.8) is 0 Å². The number of hydrogen-bond acceptors (Lipinski definition) is 3. The van der Waals surface area contributed by atoms with E-state index in [4.69, 9.17) is 11.6 Å². The smallest absolute Gasteiger partial charge is 0.246 e. The van der Waals surface area contributed by atoms with Gasteiger partial charge in [0.15, 0.2) is 0 Å². The van der Waals surface area contributed by atoms with Crippen molar-refractivity contribution in [1.29, 1.82) is 0 Å². The van der Waals surface area contributed by atoms with Crippen molar-refractivity contribution >= 4 is 23.6 Å². The molecule has 0 bridgehead atoms. The molecule has 0 spiro atoms. The van der Waals surface area contributed by atoms with E-state index in [1.807, 2.05) is 60.6 Å². The average molecular weight is 356 g/mol. The third kappa shape index (κ3) is 4.91. The second-order valence-electron chi connectivity index (χ2n) is 6.30. The Labute approximate surface area is 153 Å². The maximum absolute atomic E-state index is 12.4. The normalized spacial score (nSPS) is 15.7. The van der Waals surface area contributed by atoms with Crippen LogP contribution in [-0.2, 0) is 11.3 Å². The van der Waals surface area contributed by atoms with Gasteiger partial charge < -0.3 is 4.90 Å². The topological polar surface area (TPSA) is 36.4 Å². The van der Waals surface area contributed by atoms with E-state index >= 15 is 0 Å². The molecule has 0 N–H and O–H groups in total. The number of carbonyl (C=O) groups excluding carboxylic acids is 1. The zero-order chi connectivity index (χ0) is 17.6. The number of amides is 1. The van der Waals surface area contributed by atoms with Crippen molar-refractivity contribution in [3.8, 4) is 0 Å². The van der Waals surface area contributed by atoms with Gasteiger partial charge in [0.25, 0.3) is 0 Å². The predicted molar refractivity (Wildman–Crippen MR) is 101 cm³/mol. The maximum atomic E-state index is 12.4. The highest BCUT2D eigenvalue weighted by atomic mass is 35.5. The molecule has 5 heteroatoms. The number of benzene rings is 1. The minimum atomic E-state index is 0.0558. The van der Waals surface area contributed by atoms with Gasteiger partial charge in [-0.2, -0.15) is 0 Å². The molecule has 1 fully saturated rings. The SMILES string of the molecule is Cc1ccc(/C=C/C(=O)N2CCN(Cc3ccncc3)CC2)cc1Cl. The molecule has 0 saturated carbocycles. The molecule has 0 atom stereocenters. The Morgan fingerprint density at radius 1 is 1.16 bits per heavy atom. The molecule has 0 aliphatic carbocycles. The highest BCUT2D eigenvalue weighted by molar-refractivity contribution is 6.31. The number of aryl methyl sites for hydroxylation is 1. The number of carbonyl (C=O) groups is 1.